The Labute approximate surface area is 104 Å². The summed E-state index contributed by atoms with van der Waals surface area (Å²) < 4.78 is 10.4. The first-order chi connectivity index (χ1) is 8.56. The van der Waals surface area contributed by atoms with Crippen molar-refractivity contribution in [1.29, 1.82) is 0 Å². The summed E-state index contributed by atoms with van der Waals surface area (Å²) in [6, 6.07) is 1.52. The van der Waals surface area contributed by atoms with Crippen LogP contribution < -0.4 is 5.32 Å². The van der Waals surface area contributed by atoms with Gasteiger partial charge in [0.1, 0.15) is 11.5 Å². The van der Waals surface area contributed by atoms with Gasteiger partial charge in [0, 0.05) is 12.1 Å². The molecule has 0 saturated heterocycles. The second-order valence-electron chi connectivity index (χ2n) is 3.97. The summed E-state index contributed by atoms with van der Waals surface area (Å²) in [5.74, 6) is 0.860. The van der Waals surface area contributed by atoms with Gasteiger partial charge in [-0.3, -0.25) is 0 Å². The Morgan fingerprint density at radius 1 is 1.39 bits per heavy atom. The van der Waals surface area contributed by atoms with E-state index in [-0.39, 0.29) is 5.76 Å². The highest BCUT2D eigenvalue weighted by Crippen LogP contribution is 2.14. The van der Waals surface area contributed by atoms with Gasteiger partial charge in [0.2, 0.25) is 11.7 Å². The number of hydrogen-bond acceptors (Lipinski definition) is 5. The second kappa shape index (κ2) is 5.05. The number of rotatable bonds is 5. The minimum absolute atomic E-state index is 0.0451. The van der Waals surface area contributed by atoms with Gasteiger partial charge in [-0.15, -0.1) is 0 Å². The fourth-order valence-electron chi connectivity index (χ4n) is 1.59. The topological polar surface area (TPSA) is 88.5 Å². The van der Waals surface area contributed by atoms with E-state index in [1.54, 1.807) is 13.1 Å². The predicted octanol–water partition coefficient (Wildman–Crippen LogP) is 1.87. The average Bonchev–Trinajstić information content (AvgIpc) is 2.87. The minimum Gasteiger partial charge on any atom is -0.475 e. The molecule has 0 fully saturated rings. The van der Waals surface area contributed by atoms with Crippen molar-refractivity contribution in [2.24, 2.45) is 0 Å². The van der Waals surface area contributed by atoms with Crippen LogP contribution in [0.15, 0.2) is 21.1 Å². The van der Waals surface area contributed by atoms with Crippen LogP contribution in [0.5, 0.6) is 0 Å². The van der Waals surface area contributed by atoms with E-state index in [0.29, 0.717) is 24.7 Å². The van der Waals surface area contributed by atoms with Crippen LogP contribution in [0.1, 0.15) is 33.5 Å². The van der Waals surface area contributed by atoms with E-state index in [1.165, 1.54) is 6.07 Å². The van der Waals surface area contributed by atoms with Crippen molar-refractivity contribution < 1.29 is 18.7 Å². The highest BCUT2D eigenvalue weighted by Gasteiger charge is 2.12. The normalized spacial score (nSPS) is 10.8. The van der Waals surface area contributed by atoms with Crippen LogP contribution in [-0.4, -0.2) is 16.1 Å². The lowest BCUT2D eigenvalue weighted by molar-refractivity contribution is 0.0661. The maximum Gasteiger partial charge on any atom is 0.371 e. The molecule has 0 atom stereocenters. The molecule has 0 aliphatic heterocycles. The van der Waals surface area contributed by atoms with Crippen LogP contribution in [-0.2, 0) is 13.1 Å². The molecule has 6 nitrogen and oxygen atoms in total. The molecule has 0 aliphatic carbocycles. The van der Waals surface area contributed by atoms with Gasteiger partial charge in [0.15, 0.2) is 0 Å². The van der Waals surface area contributed by atoms with Gasteiger partial charge < -0.3 is 19.3 Å². The number of carboxylic acid groups (broad SMARTS) is 1. The van der Waals surface area contributed by atoms with Crippen LogP contribution >= 0.6 is 0 Å². The quantitative estimate of drug-likeness (QED) is 0.842. The van der Waals surface area contributed by atoms with E-state index < -0.39 is 5.97 Å². The largest absolute Gasteiger partial charge is 0.475 e. The Hall–Kier alpha value is -2.08. The van der Waals surface area contributed by atoms with Gasteiger partial charge in [-0.1, -0.05) is 0 Å². The molecule has 96 valence electrons. The highest BCUT2D eigenvalue weighted by atomic mass is 16.4. The lowest BCUT2D eigenvalue weighted by Crippen LogP contribution is -2.13. The van der Waals surface area contributed by atoms with Crippen molar-refractivity contribution in [1.82, 2.24) is 10.3 Å². The number of nitrogens with one attached hydrogen (secondary N) is 1. The van der Waals surface area contributed by atoms with E-state index in [1.807, 2.05) is 6.92 Å². The van der Waals surface area contributed by atoms with Crippen molar-refractivity contribution >= 4 is 5.97 Å². The van der Waals surface area contributed by atoms with Crippen molar-refractivity contribution in [3.05, 3.63) is 41.0 Å². The first-order valence-corrected chi connectivity index (χ1v) is 5.51. The van der Waals surface area contributed by atoms with Crippen molar-refractivity contribution in [3.63, 3.8) is 0 Å². The maximum atomic E-state index is 10.7. The van der Waals surface area contributed by atoms with Crippen molar-refractivity contribution in [2.75, 3.05) is 0 Å². The van der Waals surface area contributed by atoms with E-state index in [4.69, 9.17) is 13.9 Å². The van der Waals surface area contributed by atoms with E-state index in [0.717, 1.165) is 11.3 Å². The molecule has 18 heavy (non-hydrogen) atoms. The van der Waals surface area contributed by atoms with Crippen LogP contribution in [0, 0.1) is 13.8 Å². The molecule has 0 spiro atoms. The Morgan fingerprint density at radius 3 is 2.72 bits per heavy atom. The zero-order chi connectivity index (χ0) is 13.1. The highest BCUT2D eigenvalue weighted by molar-refractivity contribution is 5.84. The third kappa shape index (κ3) is 2.78. The lowest BCUT2D eigenvalue weighted by atomic mass is 10.2. The molecular formula is C12H14N2O4. The number of oxazole rings is 1. The summed E-state index contributed by atoms with van der Waals surface area (Å²) in [7, 11) is 0. The van der Waals surface area contributed by atoms with Gasteiger partial charge >= 0.3 is 5.97 Å². The Bertz CT molecular complexity index is 556. The molecule has 0 unspecified atom stereocenters. The molecule has 0 bridgehead atoms. The lowest BCUT2D eigenvalue weighted by Gasteiger charge is -2.00. The van der Waals surface area contributed by atoms with Gasteiger partial charge in [-0.25, -0.2) is 9.78 Å². The molecular weight excluding hydrogens is 236 g/mol. The molecule has 0 aliphatic rings. The average molecular weight is 250 g/mol. The van der Waals surface area contributed by atoms with Crippen molar-refractivity contribution in [3.8, 4) is 0 Å². The van der Waals surface area contributed by atoms with Gasteiger partial charge in [-0.05, 0) is 19.9 Å². The van der Waals surface area contributed by atoms with Gasteiger partial charge in [-0.2, -0.15) is 0 Å². The number of carboxylic acids is 1. The van der Waals surface area contributed by atoms with Crippen LogP contribution in [0.3, 0.4) is 0 Å². The molecule has 2 aromatic rings. The van der Waals surface area contributed by atoms with E-state index in [9.17, 15) is 4.79 Å². The number of aryl methyl sites for hydroxylation is 2. The zero-order valence-corrected chi connectivity index (χ0v) is 10.2. The Kier molecular flexibility index (Phi) is 3.47. The molecule has 6 heteroatoms. The molecule has 0 radical (unpaired) electrons. The molecule has 2 N–H and O–H groups in total. The summed E-state index contributed by atoms with van der Waals surface area (Å²) in [5.41, 5.74) is 0.815. The molecule has 0 saturated carbocycles. The summed E-state index contributed by atoms with van der Waals surface area (Å²) >= 11 is 0. The third-order valence-corrected chi connectivity index (χ3v) is 2.49. The molecule has 0 aromatic carbocycles. The minimum atomic E-state index is -1.06. The monoisotopic (exact) mass is 250 g/mol. The summed E-state index contributed by atoms with van der Waals surface area (Å²) in [5, 5.41) is 11.9. The van der Waals surface area contributed by atoms with Gasteiger partial charge in [0.25, 0.3) is 0 Å². The molecule has 2 heterocycles. The van der Waals surface area contributed by atoms with Gasteiger partial charge in [0.05, 0.1) is 12.7 Å². The zero-order valence-electron chi connectivity index (χ0n) is 10.2. The second-order valence-corrected chi connectivity index (χ2v) is 3.97. The van der Waals surface area contributed by atoms with E-state index >= 15 is 0 Å². The fraction of sp³-hybridized carbons (Fsp3) is 0.333. The third-order valence-electron chi connectivity index (χ3n) is 2.49. The number of furan rings is 1. The van der Waals surface area contributed by atoms with Crippen LogP contribution in [0.2, 0.25) is 0 Å². The predicted molar refractivity (Wildman–Crippen MR) is 62.2 cm³/mol. The molecule has 2 aromatic heterocycles. The fourth-order valence-corrected chi connectivity index (χ4v) is 1.59. The molecule has 2 rings (SSSR count). The summed E-state index contributed by atoms with van der Waals surface area (Å²) in [6.07, 6.45) is 1.66. The standard InChI is InChI=1S/C12H14N2O4/c1-7-4-14-11(17-7)6-13-5-9-3-10(12(15)16)18-8(9)2/h3-4,13H,5-6H2,1-2H3,(H,15,16). The SMILES string of the molecule is Cc1cnc(CNCc2cc(C(=O)O)oc2C)o1. The summed E-state index contributed by atoms with van der Waals surface area (Å²) in [6.45, 7) is 4.56. The van der Waals surface area contributed by atoms with Crippen LogP contribution in [0.25, 0.3) is 0 Å². The smallest absolute Gasteiger partial charge is 0.371 e. The number of aromatic nitrogens is 1. The number of hydrogen-bond donors (Lipinski definition) is 2. The summed E-state index contributed by atoms with van der Waals surface area (Å²) in [4.78, 5) is 14.8. The Balaban J connectivity index is 1.92. The Morgan fingerprint density at radius 2 is 2.17 bits per heavy atom. The van der Waals surface area contributed by atoms with E-state index in [2.05, 4.69) is 10.3 Å². The number of carbonyl (C=O) groups is 1. The first kappa shape index (κ1) is 12.4. The van der Waals surface area contributed by atoms with Crippen LogP contribution in [0.4, 0.5) is 0 Å². The molecule has 0 amide bonds. The number of nitrogens with zero attached hydrogens (tertiary/aromatic N) is 1. The maximum absolute atomic E-state index is 10.7. The number of aromatic carboxylic acids is 1. The van der Waals surface area contributed by atoms with Crippen molar-refractivity contribution in [2.45, 2.75) is 26.9 Å². The first-order valence-electron chi connectivity index (χ1n) is 5.51.